The van der Waals surface area contributed by atoms with Crippen LogP contribution in [0.15, 0.2) is 6.07 Å². The lowest BCUT2D eigenvalue weighted by Gasteiger charge is -2.07. The molecule has 1 aromatic rings. The molecule has 4 N–H and O–H groups in total. The maximum atomic E-state index is 10.8. The van der Waals surface area contributed by atoms with Crippen LogP contribution in [-0.2, 0) is 6.14 Å². The summed E-state index contributed by atoms with van der Waals surface area (Å²) in [6.07, 6.45) is 0. The van der Waals surface area contributed by atoms with Crippen molar-refractivity contribution < 1.29 is 36.2 Å². The molecule has 17 heavy (non-hydrogen) atoms. The fraction of sp³-hybridized carbons (Fsp3) is 0. The van der Waals surface area contributed by atoms with Crippen LogP contribution in [-0.4, -0.2) is 32.4 Å². The number of halogens is 1. The zero-order valence-corrected chi connectivity index (χ0v) is 10.0. The van der Waals surface area contributed by atoms with Crippen LogP contribution in [0.25, 0.3) is 0 Å². The van der Waals surface area contributed by atoms with Crippen molar-refractivity contribution in [2.45, 2.75) is 0 Å². The van der Waals surface area contributed by atoms with Crippen molar-refractivity contribution in [2.75, 3.05) is 0 Å². The molecule has 0 radical (unpaired) electrons. The Kier molecular flexibility index (Phi) is 3.50. The molecule has 1 rings (SSSR count). The minimum absolute atomic E-state index is 0.486. The van der Waals surface area contributed by atoms with Gasteiger partial charge in [0.1, 0.15) is 26.2 Å². The van der Waals surface area contributed by atoms with E-state index in [1.807, 2.05) is 0 Å². The molecule has 0 saturated heterocycles. The molecule has 0 saturated carbocycles. The Balaban J connectivity index is 3.84. The standard InChI is InChI=1S/C8H5IO8/c10-3-1-2(7(12)13)6(11)4(8(14)15)5(3)9(16)17/h1,10-11H,(H,12,13)(H,14,15). The van der Waals surface area contributed by atoms with Gasteiger partial charge in [0.2, 0.25) is 0 Å². The third kappa shape index (κ3) is 2.27. The van der Waals surface area contributed by atoms with E-state index in [-0.39, 0.29) is 0 Å². The predicted octanol–water partition coefficient (Wildman–Crippen LogP) is 0.861. The van der Waals surface area contributed by atoms with Crippen molar-refractivity contribution in [3.05, 3.63) is 20.8 Å². The number of aromatic hydroxyl groups is 2. The van der Waals surface area contributed by atoms with E-state index in [9.17, 15) is 25.9 Å². The van der Waals surface area contributed by atoms with Gasteiger partial charge in [0.25, 0.3) is 0 Å². The van der Waals surface area contributed by atoms with Crippen molar-refractivity contribution in [1.29, 1.82) is 0 Å². The number of aromatic carboxylic acids is 2. The quantitative estimate of drug-likeness (QED) is 0.460. The summed E-state index contributed by atoms with van der Waals surface area (Å²) in [7, 11) is 0. The Hall–Kier alpha value is -1.91. The van der Waals surface area contributed by atoms with Crippen LogP contribution in [0.5, 0.6) is 11.5 Å². The molecule has 0 aromatic heterocycles. The summed E-state index contributed by atoms with van der Waals surface area (Å²) < 4.78 is 20.7. The fourth-order valence-electron chi connectivity index (χ4n) is 1.15. The molecular weight excluding hydrogens is 351 g/mol. The van der Waals surface area contributed by atoms with Crippen LogP contribution in [0.2, 0.25) is 0 Å². The van der Waals surface area contributed by atoms with Crippen LogP contribution in [0.4, 0.5) is 0 Å². The Labute approximate surface area is 100 Å². The van der Waals surface area contributed by atoms with E-state index in [0.29, 0.717) is 6.07 Å². The van der Waals surface area contributed by atoms with Crippen molar-refractivity contribution in [1.82, 2.24) is 0 Å². The van der Waals surface area contributed by atoms with Crippen molar-refractivity contribution in [3.8, 4) is 11.5 Å². The number of rotatable bonds is 3. The summed E-state index contributed by atoms with van der Waals surface area (Å²) in [6.45, 7) is 0. The molecule has 0 atom stereocenters. The number of phenols is 2. The third-order valence-electron chi connectivity index (χ3n) is 1.82. The van der Waals surface area contributed by atoms with E-state index >= 15 is 0 Å². The lowest BCUT2D eigenvalue weighted by molar-refractivity contribution is 0.0689. The summed E-state index contributed by atoms with van der Waals surface area (Å²) in [5, 5.41) is 36.0. The SMILES string of the molecule is O=C(O)c1cc(O)c(I(=O)=O)c(C(=O)O)c1O. The Morgan fingerprint density at radius 2 is 1.59 bits per heavy atom. The second-order valence-corrected chi connectivity index (χ2v) is 5.13. The third-order valence-corrected chi connectivity index (χ3v) is 3.79. The normalized spacial score (nSPS) is 10.4. The van der Waals surface area contributed by atoms with Gasteiger partial charge in [-0.15, -0.1) is 0 Å². The molecule has 0 heterocycles. The molecule has 0 bridgehead atoms. The Bertz CT molecular complexity index is 578. The van der Waals surface area contributed by atoms with E-state index in [2.05, 4.69) is 0 Å². The molecule has 92 valence electrons. The number of carboxylic acid groups (broad SMARTS) is 2. The molecule has 9 heteroatoms. The smallest absolute Gasteiger partial charge is 0.345 e. The summed E-state index contributed by atoms with van der Waals surface area (Å²) in [5.41, 5.74) is -2.01. The van der Waals surface area contributed by atoms with Crippen LogP contribution < -0.4 is 0 Å². The monoisotopic (exact) mass is 356 g/mol. The number of carbonyl (C=O) groups is 2. The predicted molar refractivity (Wildman–Crippen MR) is 57.8 cm³/mol. The first kappa shape index (κ1) is 13.2. The van der Waals surface area contributed by atoms with Crippen LogP contribution in [0.1, 0.15) is 20.7 Å². The van der Waals surface area contributed by atoms with Gasteiger partial charge in [-0.1, -0.05) is 0 Å². The van der Waals surface area contributed by atoms with Gasteiger partial charge in [0, 0.05) is 0 Å². The van der Waals surface area contributed by atoms with E-state index in [1.54, 1.807) is 0 Å². The Morgan fingerprint density at radius 3 is 1.94 bits per heavy atom. The topological polar surface area (TPSA) is 149 Å². The first-order valence-corrected chi connectivity index (χ1v) is 6.72. The van der Waals surface area contributed by atoms with Crippen molar-refractivity contribution >= 4 is 31.7 Å². The molecule has 0 spiro atoms. The molecule has 0 unspecified atom stereocenters. The van der Waals surface area contributed by atoms with E-state index < -0.39 is 57.9 Å². The molecule has 0 fully saturated rings. The van der Waals surface area contributed by atoms with E-state index in [4.69, 9.17) is 10.2 Å². The van der Waals surface area contributed by atoms with Crippen LogP contribution in [0, 0.1) is 3.57 Å². The van der Waals surface area contributed by atoms with Gasteiger partial charge in [-0.05, 0) is 6.07 Å². The van der Waals surface area contributed by atoms with Gasteiger partial charge in [-0.2, -0.15) is 0 Å². The largest absolute Gasteiger partial charge is 0.507 e. The average Bonchev–Trinajstić information content (AvgIpc) is 2.18. The summed E-state index contributed by atoms with van der Waals surface area (Å²) >= 11 is -4.40. The zero-order chi connectivity index (χ0) is 13.3. The molecule has 1 aromatic carbocycles. The van der Waals surface area contributed by atoms with Gasteiger partial charge in [0.15, 0.2) is 0 Å². The highest BCUT2D eigenvalue weighted by Gasteiger charge is 2.28. The molecule has 0 amide bonds. The molecular formula is C8H5IO8. The first-order valence-electron chi connectivity index (χ1n) is 3.88. The minimum atomic E-state index is -4.40. The highest BCUT2D eigenvalue weighted by atomic mass is 127. The lowest BCUT2D eigenvalue weighted by Crippen LogP contribution is -2.06. The zero-order valence-electron chi connectivity index (χ0n) is 7.88. The highest BCUT2D eigenvalue weighted by Crippen LogP contribution is 2.38. The second kappa shape index (κ2) is 4.53. The summed E-state index contributed by atoms with van der Waals surface area (Å²) in [6, 6.07) is 0.486. The van der Waals surface area contributed by atoms with Gasteiger partial charge in [-0.3, -0.25) is 0 Å². The fourth-order valence-corrected chi connectivity index (χ4v) is 2.68. The van der Waals surface area contributed by atoms with Crippen molar-refractivity contribution in [2.24, 2.45) is 0 Å². The van der Waals surface area contributed by atoms with Gasteiger partial charge < -0.3 is 20.4 Å². The van der Waals surface area contributed by atoms with Crippen molar-refractivity contribution in [3.63, 3.8) is 0 Å². The number of hydrogen-bond acceptors (Lipinski definition) is 6. The van der Waals surface area contributed by atoms with Gasteiger partial charge in [0.05, 0.1) is 0 Å². The average molecular weight is 356 g/mol. The number of hydrogen-bond donors (Lipinski definition) is 4. The molecule has 0 aliphatic rings. The first-order chi connectivity index (χ1) is 7.77. The number of carboxylic acids is 2. The number of phenolic OH excluding ortho intramolecular Hbond substituents is 1. The molecule has 0 aliphatic heterocycles. The lowest BCUT2D eigenvalue weighted by atomic mass is 10.1. The minimum Gasteiger partial charge on any atom is -0.507 e. The van der Waals surface area contributed by atoms with Gasteiger partial charge in [-0.25, -0.2) is 15.7 Å². The van der Waals surface area contributed by atoms with Gasteiger partial charge >= 0.3 is 31.7 Å². The maximum absolute atomic E-state index is 10.8. The van der Waals surface area contributed by atoms with E-state index in [0.717, 1.165) is 0 Å². The van der Waals surface area contributed by atoms with E-state index in [1.165, 1.54) is 0 Å². The summed E-state index contributed by atoms with van der Waals surface area (Å²) in [4.78, 5) is 21.4. The molecule has 8 nitrogen and oxygen atoms in total. The highest BCUT2D eigenvalue weighted by molar-refractivity contribution is 14.2. The maximum Gasteiger partial charge on any atom is 0.345 e. The molecule has 0 aliphatic carbocycles. The summed E-state index contributed by atoms with van der Waals surface area (Å²) in [5.74, 6) is -5.74. The van der Waals surface area contributed by atoms with Crippen LogP contribution in [0.3, 0.4) is 0 Å². The van der Waals surface area contributed by atoms with Crippen LogP contribution >= 0.6 is 19.8 Å². The Morgan fingerprint density at radius 1 is 1.06 bits per heavy atom. The second-order valence-electron chi connectivity index (χ2n) is 2.81. The number of benzene rings is 1.